The van der Waals surface area contributed by atoms with Gasteiger partial charge in [-0.05, 0) is 25.0 Å². The molecule has 1 aromatic carbocycles. The van der Waals surface area contributed by atoms with Gasteiger partial charge in [-0.15, -0.1) is 0 Å². The van der Waals surface area contributed by atoms with Crippen LogP contribution in [0.1, 0.15) is 27.7 Å². The van der Waals surface area contributed by atoms with Crippen LogP contribution in [-0.2, 0) is 4.79 Å². The summed E-state index contributed by atoms with van der Waals surface area (Å²) in [5, 5.41) is 0. The molecule has 2 nitrogen and oxygen atoms in total. The molecule has 0 aromatic heterocycles. The highest BCUT2D eigenvalue weighted by molar-refractivity contribution is 8.03. The highest BCUT2D eigenvalue weighted by Crippen LogP contribution is 2.49. The quantitative estimate of drug-likeness (QED) is 0.835. The van der Waals surface area contributed by atoms with E-state index in [1.165, 1.54) is 15.5 Å². The Morgan fingerprint density at radius 3 is 2.52 bits per heavy atom. The second-order valence-electron chi connectivity index (χ2n) is 6.51. The lowest BCUT2D eigenvalue weighted by Gasteiger charge is -2.27. The van der Waals surface area contributed by atoms with E-state index in [0.29, 0.717) is 30.2 Å². The molecule has 0 N–H and O–H groups in total. The van der Waals surface area contributed by atoms with Crippen molar-refractivity contribution in [2.24, 2.45) is 17.8 Å². The molecule has 0 radical (unpaired) electrons. The van der Waals surface area contributed by atoms with Gasteiger partial charge in [-0.2, -0.15) is 0 Å². The largest absolute Gasteiger partial charge is 0.363 e. The Bertz CT molecular complexity index is 578. The van der Waals surface area contributed by atoms with Crippen LogP contribution in [0.25, 0.3) is 0 Å². The van der Waals surface area contributed by atoms with Crippen LogP contribution >= 0.6 is 11.8 Å². The SMILES string of the molecule is CC1=C(Sc2ccccc2)[C@H](C)[C@@H]2[C@@H](C(C)C)C(=O)CN12. The number of fused-ring (bicyclic) bond motifs is 1. The monoisotopic (exact) mass is 301 g/mol. The summed E-state index contributed by atoms with van der Waals surface area (Å²) >= 11 is 1.87. The molecule has 3 rings (SSSR count). The van der Waals surface area contributed by atoms with Gasteiger partial charge < -0.3 is 4.90 Å². The van der Waals surface area contributed by atoms with Crippen LogP contribution in [0, 0.1) is 17.8 Å². The summed E-state index contributed by atoms with van der Waals surface area (Å²) in [6.07, 6.45) is 0. The highest BCUT2D eigenvalue weighted by atomic mass is 32.2. The summed E-state index contributed by atoms with van der Waals surface area (Å²) in [6.45, 7) is 9.42. The lowest BCUT2D eigenvalue weighted by atomic mass is 9.83. The van der Waals surface area contributed by atoms with Gasteiger partial charge in [0.1, 0.15) is 0 Å². The van der Waals surface area contributed by atoms with Crippen molar-refractivity contribution in [3.8, 4) is 0 Å². The van der Waals surface area contributed by atoms with E-state index in [9.17, 15) is 4.79 Å². The standard InChI is InChI=1S/C18H23NOS/c1-11(2)16-15(20)10-19-13(4)18(12(3)17(16)19)21-14-8-6-5-7-9-14/h5-9,11-12,16-17H,10H2,1-4H3/t12-,16+,17-/m1/s1. The van der Waals surface area contributed by atoms with Gasteiger partial charge >= 0.3 is 0 Å². The third kappa shape index (κ3) is 2.42. The zero-order chi connectivity index (χ0) is 15.1. The molecule has 21 heavy (non-hydrogen) atoms. The third-order valence-corrected chi connectivity index (χ3v) is 6.22. The Morgan fingerprint density at radius 2 is 1.90 bits per heavy atom. The average Bonchev–Trinajstić information content (AvgIpc) is 2.91. The van der Waals surface area contributed by atoms with Crippen LogP contribution in [0.4, 0.5) is 0 Å². The molecule has 3 atom stereocenters. The van der Waals surface area contributed by atoms with Crippen molar-refractivity contribution in [3.05, 3.63) is 40.9 Å². The van der Waals surface area contributed by atoms with Gasteiger partial charge in [0.05, 0.1) is 6.54 Å². The predicted molar refractivity (Wildman–Crippen MR) is 88.0 cm³/mol. The maximum absolute atomic E-state index is 12.3. The number of thioether (sulfide) groups is 1. The number of carbonyl (C=O) groups excluding carboxylic acids is 1. The highest BCUT2D eigenvalue weighted by Gasteiger charge is 2.50. The number of hydrogen-bond donors (Lipinski definition) is 0. The minimum atomic E-state index is 0.184. The van der Waals surface area contributed by atoms with Crippen LogP contribution in [0.5, 0.6) is 0 Å². The molecule has 1 aromatic rings. The molecule has 0 unspecified atom stereocenters. The van der Waals surface area contributed by atoms with Gasteiger partial charge in [-0.1, -0.05) is 50.7 Å². The first-order chi connectivity index (χ1) is 10.0. The van der Waals surface area contributed by atoms with Gasteiger partial charge in [0.2, 0.25) is 0 Å². The first-order valence-corrected chi connectivity index (χ1v) is 8.55. The lowest BCUT2D eigenvalue weighted by Crippen LogP contribution is -2.34. The van der Waals surface area contributed by atoms with E-state index < -0.39 is 0 Å². The predicted octanol–water partition coefficient (Wildman–Crippen LogP) is 4.19. The molecule has 3 heteroatoms. The molecular formula is C18H23NOS. The number of carbonyl (C=O) groups is 1. The number of nitrogens with zero attached hydrogens (tertiary/aromatic N) is 1. The molecule has 0 spiro atoms. The Morgan fingerprint density at radius 1 is 1.24 bits per heavy atom. The van der Waals surface area contributed by atoms with E-state index in [2.05, 4.69) is 62.9 Å². The zero-order valence-electron chi connectivity index (χ0n) is 13.2. The summed E-state index contributed by atoms with van der Waals surface area (Å²) in [5.41, 5.74) is 1.30. The minimum Gasteiger partial charge on any atom is -0.363 e. The van der Waals surface area contributed by atoms with Crippen molar-refractivity contribution in [2.45, 2.75) is 38.6 Å². The van der Waals surface area contributed by atoms with Gasteiger partial charge in [0.15, 0.2) is 5.78 Å². The maximum atomic E-state index is 12.3. The maximum Gasteiger partial charge on any atom is 0.157 e. The average molecular weight is 301 g/mol. The summed E-state index contributed by atoms with van der Waals surface area (Å²) < 4.78 is 0. The van der Waals surface area contributed by atoms with Gasteiger partial charge in [-0.25, -0.2) is 0 Å². The molecule has 0 saturated carbocycles. The van der Waals surface area contributed by atoms with Crippen LogP contribution in [-0.4, -0.2) is 23.3 Å². The molecule has 2 heterocycles. The van der Waals surface area contributed by atoms with Crippen LogP contribution in [0.2, 0.25) is 0 Å². The van der Waals surface area contributed by atoms with Crippen molar-refractivity contribution >= 4 is 17.5 Å². The first kappa shape index (κ1) is 14.7. The lowest BCUT2D eigenvalue weighted by molar-refractivity contribution is -0.121. The fourth-order valence-electron chi connectivity index (χ4n) is 3.86. The Balaban J connectivity index is 1.89. The molecule has 0 aliphatic carbocycles. The second-order valence-corrected chi connectivity index (χ2v) is 7.62. The Kier molecular flexibility index (Phi) is 3.87. The van der Waals surface area contributed by atoms with Crippen molar-refractivity contribution in [1.82, 2.24) is 4.90 Å². The molecule has 2 aliphatic heterocycles. The molecular weight excluding hydrogens is 278 g/mol. The van der Waals surface area contributed by atoms with E-state index in [1.54, 1.807) is 0 Å². The number of benzene rings is 1. The molecule has 1 fully saturated rings. The summed E-state index contributed by atoms with van der Waals surface area (Å²) in [5.74, 6) is 1.46. The van der Waals surface area contributed by atoms with Gasteiger partial charge in [-0.3, -0.25) is 4.79 Å². The number of allylic oxidation sites excluding steroid dienone is 1. The number of hydrogen-bond acceptors (Lipinski definition) is 3. The van der Waals surface area contributed by atoms with Crippen molar-refractivity contribution in [2.75, 3.05) is 6.54 Å². The van der Waals surface area contributed by atoms with Crippen molar-refractivity contribution in [1.29, 1.82) is 0 Å². The smallest absolute Gasteiger partial charge is 0.157 e. The topological polar surface area (TPSA) is 20.3 Å². The summed E-state index contributed by atoms with van der Waals surface area (Å²) in [6, 6.07) is 10.9. The first-order valence-electron chi connectivity index (χ1n) is 7.73. The van der Waals surface area contributed by atoms with Crippen LogP contribution in [0.15, 0.2) is 45.8 Å². The molecule has 1 saturated heterocycles. The molecule has 2 aliphatic rings. The van der Waals surface area contributed by atoms with E-state index in [4.69, 9.17) is 0 Å². The third-order valence-electron chi connectivity index (χ3n) is 4.83. The fourth-order valence-corrected chi connectivity index (χ4v) is 5.00. The van der Waals surface area contributed by atoms with E-state index in [1.807, 2.05) is 11.8 Å². The number of rotatable bonds is 3. The van der Waals surface area contributed by atoms with Crippen LogP contribution in [0.3, 0.4) is 0 Å². The molecule has 0 amide bonds. The molecule has 0 bridgehead atoms. The van der Waals surface area contributed by atoms with Crippen LogP contribution < -0.4 is 0 Å². The number of Topliss-reactive ketones (excluding diaryl/α,β-unsaturated/α-hetero) is 1. The molecule has 112 valence electrons. The number of ketones is 1. The van der Waals surface area contributed by atoms with Gasteiger partial charge in [0, 0.05) is 33.4 Å². The normalized spacial score (nSPS) is 28.7. The Labute approximate surface area is 131 Å². The Hall–Kier alpha value is -1.22. The summed E-state index contributed by atoms with van der Waals surface area (Å²) in [4.78, 5) is 17.4. The van der Waals surface area contributed by atoms with E-state index >= 15 is 0 Å². The van der Waals surface area contributed by atoms with E-state index in [-0.39, 0.29) is 5.92 Å². The fraction of sp³-hybridized carbons (Fsp3) is 0.500. The minimum absolute atomic E-state index is 0.184. The van der Waals surface area contributed by atoms with Crippen molar-refractivity contribution < 1.29 is 4.79 Å². The van der Waals surface area contributed by atoms with Crippen molar-refractivity contribution in [3.63, 3.8) is 0 Å². The van der Waals surface area contributed by atoms with E-state index in [0.717, 1.165) is 0 Å². The zero-order valence-corrected chi connectivity index (χ0v) is 14.0. The van der Waals surface area contributed by atoms with Gasteiger partial charge in [0.25, 0.3) is 0 Å². The second kappa shape index (κ2) is 5.53. The summed E-state index contributed by atoms with van der Waals surface area (Å²) in [7, 11) is 0.